The predicted molar refractivity (Wildman–Crippen MR) is 93.9 cm³/mol. The first-order chi connectivity index (χ1) is 17.0. The van der Waals surface area contributed by atoms with Crippen LogP contribution in [0.15, 0.2) is 29.3 Å². The van der Waals surface area contributed by atoms with E-state index in [0.717, 1.165) is 0 Å². The minimum Gasteiger partial charge on any atom is -0.325 e. The van der Waals surface area contributed by atoms with Crippen LogP contribution < -0.4 is 0 Å². The number of aliphatic imine (C=N–C) groups is 1. The van der Waals surface area contributed by atoms with Crippen LogP contribution in [0.3, 0.4) is 0 Å². The number of carbonyl (C=O) groups excluding carboxylic acids is 3. The SMILES string of the molecule is O=C(ON1C(=O)CCC1=O)c1ccc(C2(C(F)(F)C(F)(F)C(F)(F)C(F)(F)C(F)(F)C(F)(F)F)C=N2)cc1. The second kappa shape index (κ2) is 8.29. The van der Waals surface area contributed by atoms with Crippen molar-refractivity contribution in [3.63, 3.8) is 0 Å². The Morgan fingerprint density at radius 3 is 1.55 bits per heavy atom. The molecular weight excluding hydrogens is 567 g/mol. The van der Waals surface area contributed by atoms with Crippen LogP contribution in [0.4, 0.5) is 57.1 Å². The van der Waals surface area contributed by atoms with Crippen molar-refractivity contribution in [2.75, 3.05) is 0 Å². The molecule has 0 spiro atoms. The summed E-state index contributed by atoms with van der Waals surface area (Å²) < 4.78 is 175. The van der Waals surface area contributed by atoms with Crippen LogP contribution in [-0.2, 0) is 20.0 Å². The van der Waals surface area contributed by atoms with Crippen LogP contribution in [-0.4, -0.2) is 64.9 Å². The molecule has 19 heteroatoms. The number of amides is 2. The van der Waals surface area contributed by atoms with E-state index in [0.29, 0.717) is 24.3 Å². The Morgan fingerprint density at radius 1 is 0.737 bits per heavy atom. The van der Waals surface area contributed by atoms with E-state index >= 15 is 0 Å². The first-order valence-corrected chi connectivity index (χ1v) is 9.70. The van der Waals surface area contributed by atoms with Gasteiger partial charge in [-0.15, -0.1) is 5.06 Å². The number of rotatable bonds is 8. The first-order valence-electron chi connectivity index (χ1n) is 9.70. The Labute approximate surface area is 201 Å². The summed E-state index contributed by atoms with van der Waals surface area (Å²) in [5.41, 5.74) is -5.78. The third-order valence-electron chi connectivity index (χ3n) is 5.54. The fourth-order valence-electron chi connectivity index (χ4n) is 3.22. The molecule has 1 saturated heterocycles. The largest absolute Gasteiger partial charge is 0.460 e. The Bertz CT molecular complexity index is 1170. The maximum atomic E-state index is 14.7. The van der Waals surface area contributed by atoms with Crippen LogP contribution >= 0.6 is 0 Å². The third-order valence-corrected chi connectivity index (χ3v) is 5.54. The second-order valence-corrected chi connectivity index (χ2v) is 7.93. The molecule has 210 valence electrons. The van der Waals surface area contributed by atoms with Gasteiger partial charge in [0.2, 0.25) is 0 Å². The van der Waals surface area contributed by atoms with E-state index < -0.39 is 70.2 Å². The summed E-state index contributed by atoms with van der Waals surface area (Å²) in [5.74, 6) is -41.3. The number of nitrogens with zero attached hydrogens (tertiary/aromatic N) is 2. The van der Waals surface area contributed by atoms with Gasteiger partial charge in [0, 0.05) is 19.1 Å². The van der Waals surface area contributed by atoms with E-state index in [2.05, 4.69) is 9.83 Å². The molecule has 2 heterocycles. The highest BCUT2D eigenvalue weighted by Crippen LogP contribution is 2.64. The van der Waals surface area contributed by atoms with E-state index in [1.54, 1.807) is 0 Å². The molecule has 2 amide bonds. The molecule has 2 aliphatic heterocycles. The van der Waals surface area contributed by atoms with Gasteiger partial charge in [0.1, 0.15) is 0 Å². The lowest BCUT2D eigenvalue weighted by Gasteiger charge is -2.41. The molecule has 0 bridgehead atoms. The number of imide groups is 1. The maximum Gasteiger partial charge on any atom is 0.460 e. The quantitative estimate of drug-likeness (QED) is 0.325. The van der Waals surface area contributed by atoms with Crippen molar-refractivity contribution in [2.45, 2.75) is 54.2 Å². The number of halogens is 13. The number of hydrogen-bond donors (Lipinski definition) is 0. The van der Waals surface area contributed by atoms with E-state index in [1.165, 1.54) is 0 Å². The average Bonchev–Trinajstić information content (AvgIpc) is 3.56. The summed E-state index contributed by atoms with van der Waals surface area (Å²) >= 11 is 0. The minimum atomic E-state index is -8.06. The van der Waals surface area contributed by atoms with Gasteiger partial charge in [-0.1, -0.05) is 12.1 Å². The molecule has 0 radical (unpaired) electrons. The fraction of sp³-hybridized carbons (Fsp3) is 0.474. The van der Waals surface area contributed by atoms with E-state index in [9.17, 15) is 71.5 Å². The van der Waals surface area contributed by atoms with Crippen molar-refractivity contribution in [3.8, 4) is 0 Å². The molecule has 38 heavy (non-hydrogen) atoms. The molecule has 0 aromatic heterocycles. The molecule has 0 saturated carbocycles. The molecule has 1 fully saturated rings. The van der Waals surface area contributed by atoms with Gasteiger partial charge >= 0.3 is 41.8 Å². The van der Waals surface area contributed by atoms with Crippen LogP contribution in [0.25, 0.3) is 0 Å². The molecule has 1 unspecified atom stereocenters. The topological polar surface area (TPSA) is 76.0 Å². The van der Waals surface area contributed by atoms with Gasteiger partial charge in [0.25, 0.3) is 11.8 Å². The molecule has 1 aromatic carbocycles. The standard InChI is InChI=1S/C19H9F13N2O4/c20-14(21,15(22,23)16(24,25)17(26,27)18(28,29)19(30,31)32)13(7-33-13)9-3-1-8(2-4-9)12(37)38-34-10(35)5-6-11(34)36/h1-4,7H,5-6H2. The third kappa shape index (κ3) is 3.79. The summed E-state index contributed by atoms with van der Waals surface area (Å²) in [7, 11) is 0. The van der Waals surface area contributed by atoms with E-state index in [1.807, 2.05) is 0 Å². The summed E-state index contributed by atoms with van der Waals surface area (Å²) in [6.45, 7) is 0. The molecule has 0 N–H and O–H groups in total. The van der Waals surface area contributed by atoms with Gasteiger partial charge in [-0.2, -0.15) is 57.1 Å². The molecule has 6 nitrogen and oxygen atoms in total. The highest BCUT2D eigenvalue weighted by Gasteiger charge is 2.93. The van der Waals surface area contributed by atoms with E-state index in [4.69, 9.17) is 0 Å². The lowest BCUT2D eigenvalue weighted by atomic mass is 9.82. The molecular formula is C19H9F13N2O4. The van der Waals surface area contributed by atoms with Crippen LogP contribution in [0.1, 0.15) is 28.8 Å². The summed E-state index contributed by atoms with van der Waals surface area (Å²) in [5, 5.41) is 0.0649. The highest BCUT2D eigenvalue weighted by atomic mass is 19.4. The number of benzene rings is 1. The highest BCUT2D eigenvalue weighted by molar-refractivity contribution is 6.02. The van der Waals surface area contributed by atoms with Gasteiger partial charge in [0.05, 0.1) is 5.56 Å². The smallest absolute Gasteiger partial charge is 0.325 e. The molecule has 0 aliphatic carbocycles. The van der Waals surface area contributed by atoms with Gasteiger partial charge in [0.15, 0.2) is 5.54 Å². The van der Waals surface area contributed by atoms with Crippen molar-refractivity contribution >= 4 is 24.0 Å². The zero-order chi connectivity index (χ0) is 29.3. The van der Waals surface area contributed by atoms with Crippen molar-refractivity contribution in [1.29, 1.82) is 0 Å². The van der Waals surface area contributed by atoms with Crippen molar-refractivity contribution in [1.82, 2.24) is 5.06 Å². The Balaban J connectivity index is 1.92. The number of hydroxylamine groups is 2. The van der Waals surface area contributed by atoms with Gasteiger partial charge in [-0.05, 0) is 17.7 Å². The normalized spacial score (nSPS) is 21.2. The number of carbonyl (C=O) groups is 3. The van der Waals surface area contributed by atoms with E-state index in [-0.39, 0.29) is 24.1 Å². The van der Waals surface area contributed by atoms with Crippen LogP contribution in [0.5, 0.6) is 0 Å². The molecule has 3 rings (SSSR count). The Morgan fingerprint density at radius 2 is 1.16 bits per heavy atom. The molecule has 1 aromatic rings. The van der Waals surface area contributed by atoms with Crippen molar-refractivity contribution in [2.24, 2.45) is 4.99 Å². The Kier molecular flexibility index (Phi) is 6.36. The van der Waals surface area contributed by atoms with Crippen LogP contribution in [0.2, 0.25) is 0 Å². The molecule has 2 aliphatic rings. The minimum absolute atomic E-state index is 0.0649. The summed E-state index contributed by atoms with van der Waals surface area (Å²) in [4.78, 5) is 42.1. The van der Waals surface area contributed by atoms with Crippen molar-refractivity contribution in [3.05, 3.63) is 35.4 Å². The van der Waals surface area contributed by atoms with Crippen molar-refractivity contribution < 1.29 is 76.3 Å². The average molecular weight is 576 g/mol. The van der Waals surface area contributed by atoms with Gasteiger partial charge in [-0.25, -0.2) is 4.79 Å². The van der Waals surface area contributed by atoms with Gasteiger partial charge < -0.3 is 4.84 Å². The van der Waals surface area contributed by atoms with Crippen LogP contribution in [0, 0.1) is 0 Å². The molecule has 1 atom stereocenters. The first kappa shape index (κ1) is 29.2. The lowest BCUT2D eigenvalue weighted by Crippen LogP contribution is -2.72. The fourth-order valence-corrected chi connectivity index (χ4v) is 3.22. The van der Waals surface area contributed by atoms with Gasteiger partial charge in [-0.3, -0.25) is 14.6 Å². The lowest BCUT2D eigenvalue weighted by molar-refractivity contribution is -0.441. The predicted octanol–water partition coefficient (Wildman–Crippen LogP) is 4.93. The zero-order valence-electron chi connectivity index (χ0n) is 17.7. The summed E-state index contributed by atoms with van der Waals surface area (Å²) in [6.07, 6.45) is -8.35. The maximum absolute atomic E-state index is 14.7. The number of alkyl halides is 13. The second-order valence-electron chi connectivity index (χ2n) is 7.93. The summed E-state index contributed by atoms with van der Waals surface area (Å²) in [6, 6.07) is 1.68. The zero-order valence-corrected chi connectivity index (χ0v) is 17.7. The Hall–Kier alpha value is -3.41. The monoisotopic (exact) mass is 576 g/mol. The number of hydrogen-bond acceptors (Lipinski definition) is 5.